The molecule has 5 rings (SSSR count). The second-order valence-electron chi connectivity index (χ2n) is 8.47. The van der Waals surface area contributed by atoms with Crippen LogP contribution in [0.5, 0.6) is 0 Å². The summed E-state index contributed by atoms with van der Waals surface area (Å²) in [6, 6.07) is 11.0. The van der Waals surface area contributed by atoms with Gasteiger partial charge in [-0.3, -0.25) is 0 Å². The zero-order valence-corrected chi connectivity index (χ0v) is 19.4. The second kappa shape index (κ2) is 9.26. The summed E-state index contributed by atoms with van der Waals surface area (Å²) >= 11 is 0. The van der Waals surface area contributed by atoms with Crippen molar-refractivity contribution in [3.05, 3.63) is 48.0 Å². The third-order valence-corrected chi connectivity index (χ3v) is 6.19. The number of aromatic nitrogens is 2. The van der Waals surface area contributed by atoms with Crippen molar-refractivity contribution in [1.82, 2.24) is 9.97 Å². The van der Waals surface area contributed by atoms with E-state index in [2.05, 4.69) is 30.2 Å². The van der Waals surface area contributed by atoms with Crippen molar-refractivity contribution in [2.45, 2.75) is 32.5 Å². The molecular formula is C25H25F3N6O. The number of guanidine groups is 1. The summed E-state index contributed by atoms with van der Waals surface area (Å²) in [6.07, 6.45) is -3.74. The number of nitrogens with one attached hydrogen (secondary N) is 1. The van der Waals surface area contributed by atoms with Crippen LogP contribution < -0.4 is 10.2 Å². The van der Waals surface area contributed by atoms with Gasteiger partial charge in [0.15, 0.2) is 5.82 Å². The number of anilines is 2. The summed E-state index contributed by atoms with van der Waals surface area (Å²) in [5.74, 6) is 0.741. The summed E-state index contributed by atoms with van der Waals surface area (Å²) in [4.78, 5) is 20.4. The Bertz CT molecular complexity index is 1310. The largest absolute Gasteiger partial charge is 0.417 e. The SMILES string of the molecule is CCC1N=C(Nc2nc(-c3ccccc3C(F)(F)F)nc3c(N4CCOCC4)cccc23)N=C1C. The van der Waals surface area contributed by atoms with Crippen molar-refractivity contribution in [3.8, 4) is 11.4 Å². The number of para-hydroxylation sites is 1. The van der Waals surface area contributed by atoms with E-state index < -0.39 is 11.7 Å². The number of rotatable bonds is 4. The summed E-state index contributed by atoms with van der Waals surface area (Å²) in [6.45, 7) is 6.39. The van der Waals surface area contributed by atoms with Crippen LogP contribution in [-0.4, -0.2) is 54.0 Å². The standard InChI is InChI=1S/C25H25F3N6O/c1-3-19-15(2)29-24(30-19)33-23-17-8-6-10-20(34-11-13-35-14-12-34)21(17)31-22(32-23)16-7-4-5-9-18(16)25(26,27)28/h4-10,19H,3,11-14H2,1-2H3,(H,30,31,32,33). The highest BCUT2D eigenvalue weighted by Gasteiger charge is 2.34. The first-order valence-corrected chi connectivity index (χ1v) is 11.5. The molecule has 0 radical (unpaired) electrons. The molecular weight excluding hydrogens is 457 g/mol. The fourth-order valence-electron chi connectivity index (χ4n) is 4.40. The van der Waals surface area contributed by atoms with E-state index in [1.54, 1.807) is 6.07 Å². The molecule has 0 saturated carbocycles. The van der Waals surface area contributed by atoms with Gasteiger partial charge in [0.2, 0.25) is 5.96 Å². The fourth-order valence-corrected chi connectivity index (χ4v) is 4.40. The highest BCUT2D eigenvalue weighted by molar-refractivity contribution is 6.12. The fraction of sp³-hybridized carbons (Fsp3) is 0.360. The smallest absolute Gasteiger partial charge is 0.378 e. The predicted octanol–water partition coefficient (Wildman–Crippen LogP) is 5.17. The molecule has 10 heteroatoms. The molecule has 1 N–H and O–H groups in total. The minimum atomic E-state index is -4.54. The number of benzene rings is 2. The molecule has 1 saturated heterocycles. The van der Waals surface area contributed by atoms with Crippen LogP contribution in [0.25, 0.3) is 22.3 Å². The lowest BCUT2D eigenvalue weighted by Crippen LogP contribution is -2.36. The number of halogens is 3. The van der Waals surface area contributed by atoms with Crippen LogP contribution in [0, 0.1) is 0 Å². The molecule has 2 aromatic carbocycles. The average molecular weight is 483 g/mol. The average Bonchev–Trinajstić information content (AvgIpc) is 3.22. The van der Waals surface area contributed by atoms with Gasteiger partial charge in [0.05, 0.1) is 36.0 Å². The van der Waals surface area contributed by atoms with Crippen LogP contribution in [-0.2, 0) is 10.9 Å². The van der Waals surface area contributed by atoms with Gasteiger partial charge in [0, 0.05) is 29.8 Å². The lowest BCUT2D eigenvalue weighted by molar-refractivity contribution is -0.137. The quantitative estimate of drug-likeness (QED) is 0.555. The summed E-state index contributed by atoms with van der Waals surface area (Å²) in [5.41, 5.74) is 1.39. The minimum Gasteiger partial charge on any atom is -0.378 e. The van der Waals surface area contributed by atoms with E-state index in [1.165, 1.54) is 12.1 Å². The maximum absolute atomic E-state index is 13.8. The molecule has 3 aromatic rings. The Labute approximate surface area is 200 Å². The van der Waals surface area contributed by atoms with Gasteiger partial charge < -0.3 is 15.0 Å². The second-order valence-corrected chi connectivity index (χ2v) is 8.47. The summed E-state index contributed by atoms with van der Waals surface area (Å²) < 4.78 is 47.0. The van der Waals surface area contributed by atoms with Crippen LogP contribution in [0.1, 0.15) is 25.8 Å². The maximum Gasteiger partial charge on any atom is 0.417 e. The Balaban J connectivity index is 1.70. The van der Waals surface area contributed by atoms with Crippen molar-refractivity contribution >= 4 is 34.1 Å². The Hall–Kier alpha value is -3.53. The van der Waals surface area contributed by atoms with Gasteiger partial charge in [0.1, 0.15) is 5.82 Å². The molecule has 0 spiro atoms. The molecule has 0 bridgehead atoms. The summed E-state index contributed by atoms with van der Waals surface area (Å²) in [7, 11) is 0. The monoisotopic (exact) mass is 482 g/mol. The van der Waals surface area contributed by atoms with Crippen LogP contribution in [0.3, 0.4) is 0 Å². The predicted molar refractivity (Wildman–Crippen MR) is 131 cm³/mol. The molecule has 0 aliphatic carbocycles. The van der Waals surface area contributed by atoms with Gasteiger partial charge >= 0.3 is 6.18 Å². The van der Waals surface area contributed by atoms with Crippen LogP contribution in [0.4, 0.5) is 24.7 Å². The van der Waals surface area contributed by atoms with Gasteiger partial charge in [-0.05, 0) is 31.5 Å². The van der Waals surface area contributed by atoms with Gasteiger partial charge in [-0.15, -0.1) is 0 Å². The van der Waals surface area contributed by atoms with Crippen LogP contribution in [0.2, 0.25) is 0 Å². The van der Waals surface area contributed by atoms with E-state index in [9.17, 15) is 13.2 Å². The Kier molecular flexibility index (Phi) is 6.14. The van der Waals surface area contributed by atoms with E-state index in [4.69, 9.17) is 4.74 Å². The van der Waals surface area contributed by atoms with E-state index in [0.717, 1.165) is 23.9 Å². The normalized spacial score (nSPS) is 18.5. The Morgan fingerprint density at radius 3 is 2.54 bits per heavy atom. The van der Waals surface area contributed by atoms with E-state index in [0.29, 0.717) is 49.0 Å². The third-order valence-electron chi connectivity index (χ3n) is 6.19. The zero-order chi connectivity index (χ0) is 24.6. The number of hydrogen-bond donors (Lipinski definition) is 1. The van der Waals surface area contributed by atoms with Crippen molar-refractivity contribution in [1.29, 1.82) is 0 Å². The first-order chi connectivity index (χ1) is 16.8. The number of morpholine rings is 1. The van der Waals surface area contributed by atoms with Gasteiger partial charge in [-0.2, -0.15) is 13.2 Å². The highest BCUT2D eigenvalue weighted by Crippen LogP contribution is 2.38. The lowest BCUT2D eigenvalue weighted by Gasteiger charge is -2.29. The zero-order valence-electron chi connectivity index (χ0n) is 19.4. The van der Waals surface area contributed by atoms with Gasteiger partial charge in [-0.1, -0.05) is 31.2 Å². The number of aliphatic imine (C=N–C) groups is 2. The molecule has 1 atom stereocenters. The third kappa shape index (κ3) is 4.58. The molecule has 7 nitrogen and oxygen atoms in total. The first kappa shape index (κ1) is 23.2. The molecule has 2 aliphatic rings. The van der Waals surface area contributed by atoms with Gasteiger partial charge in [0.25, 0.3) is 0 Å². The molecule has 182 valence electrons. The Morgan fingerprint density at radius 2 is 1.83 bits per heavy atom. The summed E-state index contributed by atoms with van der Waals surface area (Å²) in [5, 5.41) is 3.84. The van der Waals surface area contributed by atoms with Crippen LogP contribution >= 0.6 is 0 Å². The van der Waals surface area contributed by atoms with Gasteiger partial charge in [-0.25, -0.2) is 20.0 Å². The number of fused-ring (bicyclic) bond motifs is 1. The molecule has 35 heavy (non-hydrogen) atoms. The van der Waals surface area contributed by atoms with Crippen molar-refractivity contribution in [2.75, 3.05) is 36.5 Å². The first-order valence-electron chi connectivity index (χ1n) is 11.5. The van der Waals surface area contributed by atoms with E-state index >= 15 is 0 Å². The molecule has 3 heterocycles. The Morgan fingerprint density at radius 1 is 1.06 bits per heavy atom. The van der Waals surface area contributed by atoms with Crippen molar-refractivity contribution in [3.63, 3.8) is 0 Å². The topological polar surface area (TPSA) is 75.0 Å². The number of ether oxygens (including phenoxy) is 1. The molecule has 1 unspecified atom stereocenters. The number of nitrogens with zero attached hydrogens (tertiary/aromatic N) is 5. The van der Waals surface area contributed by atoms with Crippen LogP contribution in [0.15, 0.2) is 52.4 Å². The molecule has 1 aromatic heterocycles. The maximum atomic E-state index is 13.8. The van der Waals surface area contributed by atoms with E-state index in [-0.39, 0.29) is 17.4 Å². The lowest BCUT2D eigenvalue weighted by atomic mass is 10.1. The van der Waals surface area contributed by atoms with E-state index in [1.807, 2.05) is 32.0 Å². The van der Waals surface area contributed by atoms with Crippen molar-refractivity contribution < 1.29 is 17.9 Å². The minimum absolute atomic E-state index is 0.0139. The number of alkyl halides is 3. The molecule has 0 amide bonds. The number of hydrogen-bond acceptors (Lipinski definition) is 7. The van der Waals surface area contributed by atoms with Crippen molar-refractivity contribution in [2.24, 2.45) is 9.98 Å². The molecule has 2 aliphatic heterocycles. The highest BCUT2D eigenvalue weighted by atomic mass is 19.4. The molecule has 1 fully saturated rings.